The number of benzene rings is 1. The average molecular weight is 402 g/mol. The SMILES string of the molecule is CCOC(=O)c1cc(Br)c(-c2ccc(C=O)o2)c(Br)c1. The molecular formula is C14H10Br2O4. The Bertz CT molecular complexity index is 638. The van der Waals surface area contributed by atoms with Crippen molar-refractivity contribution in [3.8, 4) is 11.3 Å². The third kappa shape index (κ3) is 3.02. The Balaban J connectivity index is 2.45. The number of hydrogen-bond donors (Lipinski definition) is 0. The lowest BCUT2D eigenvalue weighted by molar-refractivity contribution is 0.0526. The molecule has 0 aliphatic carbocycles. The molecule has 0 spiro atoms. The molecule has 0 N–H and O–H groups in total. The smallest absolute Gasteiger partial charge is 0.338 e. The van der Waals surface area contributed by atoms with Gasteiger partial charge in [-0.1, -0.05) is 0 Å². The van der Waals surface area contributed by atoms with Gasteiger partial charge in [0.25, 0.3) is 0 Å². The number of hydrogen-bond acceptors (Lipinski definition) is 4. The average Bonchev–Trinajstić information content (AvgIpc) is 2.86. The minimum atomic E-state index is -0.395. The molecule has 0 saturated heterocycles. The van der Waals surface area contributed by atoms with Crippen molar-refractivity contribution < 1.29 is 18.7 Å². The molecular weight excluding hydrogens is 392 g/mol. The summed E-state index contributed by atoms with van der Waals surface area (Å²) in [5.74, 6) is 0.378. The molecule has 0 unspecified atom stereocenters. The van der Waals surface area contributed by atoms with Gasteiger partial charge in [0.2, 0.25) is 0 Å². The van der Waals surface area contributed by atoms with Crippen LogP contribution in [-0.4, -0.2) is 18.9 Å². The lowest BCUT2D eigenvalue weighted by Gasteiger charge is -2.08. The first-order chi connectivity index (χ1) is 9.56. The molecule has 4 nitrogen and oxygen atoms in total. The summed E-state index contributed by atoms with van der Waals surface area (Å²) < 4.78 is 11.7. The predicted molar refractivity (Wildman–Crippen MR) is 80.9 cm³/mol. The maximum atomic E-state index is 11.7. The van der Waals surface area contributed by atoms with E-state index in [0.29, 0.717) is 33.2 Å². The van der Waals surface area contributed by atoms with Crippen LogP contribution >= 0.6 is 31.9 Å². The van der Waals surface area contributed by atoms with Crippen molar-refractivity contribution in [3.63, 3.8) is 0 Å². The number of halogens is 2. The highest BCUT2D eigenvalue weighted by Gasteiger charge is 2.16. The summed E-state index contributed by atoms with van der Waals surface area (Å²) >= 11 is 6.80. The maximum Gasteiger partial charge on any atom is 0.338 e. The largest absolute Gasteiger partial charge is 0.462 e. The van der Waals surface area contributed by atoms with Crippen LogP contribution in [0.3, 0.4) is 0 Å². The first-order valence-electron chi connectivity index (χ1n) is 5.78. The van der Waals surface area contributed by atoms with Gasteiger partial charge in [-0.05, 0) is 63.0 Å². The number of carbonyl (C=O) groups is 2. The van der Waals surface area contributed by atoms with E-state index in [1.54, 1.807) is 31.2 Å². The molecule has 1 aromatic carbocycles. The Morgan fingerprint density at radius 3 is 2.45 bits per heavy atom. The van der Waals surface area contributed by atoms with Gasteiger partial charge in [-0.15, -0.1) is 0 Å². The molecule has 6 heteroatoms. The van der Waals surface area contributed by atoms with Gasteiger partial charge < -0.3 is 9.15 Å². The summed E-state index contributed by atoms with van der Waals surface area (Å²) in [4.78, 5) is 22.4. The minimum Gasteiger partial charge on any atom is -0.462 e. The monoisotopic (exact) mass is 400 g/mol. The molecule has 104 valence electrons. The Kier molecular flexibility index (Phi) is 4.77. The Hall–Kier alpha value is -1.40. The lowest BCUT2D eigenvalue weighted by Crippen LogP contribution is -2.04. The highest BCUT2D eigenvalue weighted by molar-refractivity contribution is 9.11. The van der Waals surface area contributed by atoms with Crippen molar-refractivity contribution in [1.82, 2.24) is 0 Å². The molecule has 0 atom stereocenters. The van der Waals surface area contributed by atoms with E-state index in [2.05, 4.69) is 31.9 Å². The van der Waals surface area contributed by atoms with E-state index in [4.69, 9.17) is 9.15 Å². The van der Waals surface area contributed by atoms with Crippen LogP contribution in [0.2, 0.25) is 0 Å². The number of furan rings is 1. The molecule has 0 fully saturated rings. The van der Waals surface area contributed by atoms with Crippen LogP contribution in [-0.2, 0) is 4.74 Å². The van der Waals surface area contributed by atoms with Crippen LogP contribution in [0.25, 0.3) is 11.3 Å². The maximum absolute atomic E-state index is 11.7. The Morgan fingerprint density at radius 1 is 1.30 bits per heavy atom. The number of aldehydes is 1. The number of esters is 1. The minimum absolute atomic E-state index is 0.244. The van der Waals surface area contributed by atoms with E-state index in [1.165, 1.54) is 0 Å². The second-order valence-corrected chi connectivity index (χ2v) is 5.56. The van der Waals surface area contributed by atoms with E-state index < -0.39 is 5.97 Å². The highest BCUT2D eigenvalue weighted by atomic mass is 79.9. The summed E-state index contributed by atoms with van der Waals surface area (Å²) in [5, 5.41) is 0. The molecule has 0 amide bonds. The van der Waals surface area contributed by atoms with Crippen LogP contribution in [0.4, 0.5) is 0 Å². The molecule has 0 bridgehead atoms. The summed E-state index contributed by atoms with van der Waals surface area (Å²) in [5.41, 5.74) is 1.16. The molecule has 0 aliphatic rings. The van der Waals surface area contributed by atoms with Gasteiger partial charge >= 0.3 is 5.97 Å². The van der Waals surface area contributed by atoms with Gasteiger partial charge in [-0.2, -0.15) is 0 Å². The lowest BCUT2D eigenvalue weighted by atomic mass is 10.1. The van der Waals surface area contributed by atoms with Crippen molar-refractivity contribution in [2.75, 3.05) is 6.61 Å². The molecule has 2 aromatic rings. The van der Waals surface area contributed by atoms with E-state index in [-0.39, 0.29) is 5.76 Å². The molecule has 1 heterocycles. The van der Waals surface area contributed by atoms with Crippen molar-refractivity contribution >= 4 is 44.1 Å². The number of carbonyl (C=O) groups excluding carboxylic acids is 2. The number of ether oxygens (including phenoxy) is 1. The van der Waals surface area contributed by atoms with E-state index in [1.807, 2.05) is 0 Å². The molecule has 0 saturated carbocycles. The zero-order chi connectivity index (χ0) is 14.7. The first kappa shape index (κ1) is 15.0. The summed E-state index contributed by atoms with van der Waals surface area (Å²) in [7, 11) is 0. The van der Waals surface area contributed by atoms with Crippen molar-refractivity contribution in [2.24, 2.45) is 0 Å². The van der Waals surface area contributed by atoms with Crippen molar-refractivity contribution in [3.05, 3.63) is 44.5 Å². The topological polar surface area (TPSA) is 56.5 Å². The van der Waals surface area contributed by atoms with Crippen LogP contribution < -0.4 is 0 Å². The van der Waals surface area contributed by atoms with Crippen LogP contribution in [0, 0.1) is 0 Å². The van der Waals surface area contributed by atoms with Crippen molar-refractivity contribution in [2.45, 2.75) is 6.92 Å². The van der Waals surface area contributed by atoms with Gasteiger partial charge in [0, 0.05) is 14.5 Å². The Morgan fingerprint density at radius 2 is 1.95 bits per heavy atom. The van der Waals surface area contributed by atoms with Gasteiger partial charge in [0.1, 0.15) is 5.76 Å². The van der Waals surface area contributed by atoms with Gasteiger partial charge in [0.15, 0.2) is 12.0 Å². The fraction of sp³-hybridized carbons (Fsp3) is 0.143. The standard InChI is InChI=1S/C14H10Br2O4/c1-2-19-14(18)8-5-10(15)13(11(16)6-8)12-4-3-9(7-17)20-12/h3-7H,2H2,1H3. The Labute approximate surface area is 132 Å². The van der Waals surface area contributed by atoms with Gasteiger partial charge in [-0.3, -0.25) is 4.79 Å². The molecule has 2 rings (SSSR count). The predicted octanol–water partition coefficient (Wildman–Crippen LogP) is 4.46. The fourth-order valence-corrected chi connectivity index (χ4v) is 3.27. The molecule has 1 aromatic heterocycles. The van der Waals surface area contributed by atoms with E-state index >= 15 is 0 Å². The van der Waals surface area contributed by atoms with E-state index in [9.17, 15) is 9.59 Å². The van der Waals surface area contributed by atoms with Crippen molar-refractivity contribution in [1.29, 1.82) is 0 Å². The highest BCUT2D eigenvalue weighted by Crippen LogP contribution is 2.37. The van der Waals surface area contributed by atoms with Crippen LogP contribution in [0.1, 0.15) is 27.8 Å². The quantitative estimate of drug-likeness (QED) is 0.560. The van der Waals surface area contributed by atoms with Crippen LogP contribution in [0.15, 0.2) is 37.6 Å². The van der Waals surface area contributed by atoms with Crippen LogP contribution in [0.5, 0.6) is 0 Å². The zero-order valence-electron chi connectivity index (χ0n) is 10.5. The van der Waals surface area contributed by atoms with Gasteiger partial charge in [-0.25, -0.2) is 4.79 Å². The molecule has 0 aliphatic heterocycles. The molecule has 20 heavy (non-hydrogen) atoms. The number of rotatable bonds is 4. The fourth-order valence-electron chi connectivity index (χ4n) is 1.69. The molecule has 0 radical (unpaired) electrons. The first-order valence-corrected chi connectivity index (χ1v) is 7.37. The summed E-state index contributed by atoms with van der Waals surface area (Å²) in [6, 6.07) is 6.58. The summed E-state index contributed by atoms with van der Waals surface area (Å²) in [6.07, 6.45) is 0.637. The zero-order valence-corrected chi connectivity index (χ0v) is 13.7. The third-order valence-corrected chi connectivity index (χ3v) is 3.79. The summed E-state index contributed by atoms with van der Waals surface area (Å²) in [6.45, 7) is 2.07. The normalized spacial score (nSPS) is 10.3. The third-order valence-electron chi connectivity index (χ3n) is 2.54. The second kappa shape index (κ2) is 6.37. The second-order valence-electron chi connectivity index (χ2n) is 3.86. The van der Waals surface area contributed by atoms with Gasteiger partial charge in [0.05, 0.1) is 12.2 Å². The van der Waals surface area contributed by atoms with E-state index in [0.717, 1.165) is 5.56 Å².